The molecule has 3 heterocycles. The minimum absolute atomic E-state index is 0.128. The summed E-state index contributed by atoms with van der Waals surface area (Å²) < 4.78 is 0. The number of nitrogens with two attached hydrogens (primary N) is 1. The second kappa shape index (κ2) is 8.62. The van der Waals surface area contributed by atoms with E-state index in [0.29, 0.717) is 23.2 Å². The molecular formula is C23H29N5OS. The van der Waals surface area contributed by atoms with Gasteiger partial charge in [-0.25, -0.2) is 4.98 Å². The number of amides is 1. The molecule has 3 aromatic rings. The fraction of sp³-hybridized carbons (Fsp3) is 0.391. The number of hydrogen-bond donors (Lipinski definition) is 2. The van der Waals surface area contributed by atoms with Crippen molar-refractivity contribution in [3.05, 3.63) is 52.5 Å². The number of nitrogen functional groups attached to an aromatic ring is 1. The fourth-order valence-corrected chi connectivity index (χ4v) is 4.99. The van der Waals surface area contributed by atoms with Crippen LogP contribution in [0, 0.1) is 6.92 Å². The Morgan fingerprint density at radius 3 is 2.73 bits per heavy atom. The van der Waals surface area contributed by atoms with Crippen molar-refractivity contribution in [3.8, 4) is 0 Å². The third-order valence-corrected chi connectivity index (χ3v) is 6.95. The Kier molecular flexibility index (Phi) is 5.92. The molecule has 0 bridgehead atoms. The average molecular weight is 424 g/mol. The maximum Gasteiger partial charge on any atom is 0.263 e. The van der Waals surface area contributed by atoms with Gasteiger partial charge in [0.2, 0.25) is 0 Å². The number of rotatable bonds is 6. The van der Waals surface area contributed by atoms with Crippen molar-refractivity contribution in [1.29, 1.82) is 0 Å². The van der Waals surface area contributed by atoms with E-state index >= 15 is 0 Å². The summed E-state index contributed by atoms with van der Waals surface area (Å²) in [7, 11) is 4.30. The maximum atomic E-state index is 12.6. The van der Waals surface area contributed by atoms with Crippen molar-refractivity contribution in [2.75, 3.05) is 44.4 Å². The number of carbonyl (C=O) groups excluding carboxylic acids is 1. The number of nitrogens with one attached hydrogen (secondary N) is 1. The van der Waals surface area contributed by atoms with E-state index in [2.05, 4.69) is 58.5 Å². The molecule has 0 radical (unpaired) electrons. The minimum atomic E-state index is -0.128. The standard InChI is InChI=1S/C23H29N5OS/c1-15-4-9-19-20(24)21(30-23(19)26-15)22(29)25-12-10-16-5-7-17(8-6-16)28-13-11-18(14-28)27(2)3/h4-9,18H,10-14,24H2,1-3H3,(H,25,29)/t18-/m0/s1. The van der Waals surface area contributed by atoms with Crippen molar-refractivity contribution < 1.29 is 4.79 Å². The first-order valence-corrected chi connectivity index (χ1v) is 11.2. The second-order valence-electron chi connectivity index (χ2n) is 8.17. The summed E-state index contributed by atoms with van der Waals surface area (Å²) in [6, 6.07) is 13.2. The van der Waals surface area contributed by atoms with Gasteiger partial charge in [0.05, 0.1) is 5.69 Å². The Labute approximate surface area is 181 Å². The van der Waals surface area contributed by atoms with E-state index in [1.165, 1.54) is 29.0 Å². The molecule has 1 aliphatic rings. The number of fused-ring (bicyclic) bond motifs is 1. The van der Waals surface area contributed by atoms with Crippen molar-refractivity contribution >= 4 is 38.8 Å². The van der Waals surface area contributed by atoms with Crippen LogP contribution in [0.5, 0.6) is 0 Å². The molecule has 1 amide bonds. The lowest BCUT2D eigenvalue weighted by Crippen LogP contribution is -2.31. The third kappa shape index (κ3) is 4.27. The van der Waals surface area contributed by atoms with Gasteiger partial charge < -0.3 is 20.9 Å². The van der Waals surface area contributed by atoms with Gasteiger partial charge in [-0.3, -0.25) is 4.79 Å². The number of pyridine rings is 1. The van der Waals surface area contributed by atoms with E-state index in [1.54, 1.807) is 0 Å². The number of nitrogens with zero attached hydrogens (tertiary/aromatic N) is 3. The van der Waals surface area contributed by atoms with Gasteiger partial charge in [-0.1, -0.05) is 12.1 Å². The van der Waals surface area contributed by atoms with Crippen LogP contribution in [0.2, 0.25) is 0 Å². The zero-order valence-electron chi connectivity index (χ0n) is 17.8. The minimum Gasteiger partial charge on any atom is -0.397 e. The van der Waals surface area contributed by atoms with Crippen LogP contribution >= 0.6 is 11.3 Å². The third-order valence-electron chi connectivity index (χ3n) is 5.83. The van der Waals surface area contributed by atoms with E-state index in [9.17, 15) is 4.79 Å². The van der Waals surface area contributed by atoms with Crippen molar-refractivity contribution in [1.82, 2.24) is 15.2 Å². The van der Waals surface area contributed by atoms with E-state index in [4.69, 9.17) is 5.73 Å². The molecule has 0 spiro atoms. The largest absolute Gasteiger partial charge is 0.397 e. The molecule has 4 rings (SSSR count). The van der Waals surface area contributed by atoms with Crippen molar-refractivity contribution in [3.63, 3.8) is 0 Å². The lowest BCUT2D eigenvalue weighted by atomic mass is 10.1. The van der Waals surface area contributed by atoms with Crippen molar-refractivity contribution in [2.24, 2.45) is 0 Å². The Balaban J connectivity index is 1.32. The lowest BCUT2D eigenvalue weighted by molar-refractivity contribution is 0.0959. The number of hydrogen-bond acceptors (Lipinski definition) is 6. The van der Waals surface area contributed by atoms with Crippen LogP contribution < -0.4 is 16.0 Å². The smallest absolute Gasteiger partial charge is 0.263 e. The van der Waals surface area contributed by atoms with E-state index < -0.39 is 0 Å². The average Bonchev–Trinajstić information content (AvgIpc) is 3.34. The number of anilines is 2. The first kappa shape index (κ1) is 20.6. The number of carbonyl (C=O) groups is 1. The number of likely N-dealkylation sites (N-methyl/N-ethyl adjacent to an activating group) is 1. The van der Waals surface area contributed by atoms with Crippen molar-refractivity contribution in [2.45, 2.75) is 25.8 Å². The monoisotopic (exact) mass is 423 g/mol. The van der Waals surface area contributed by atoms with Gasteiger partial charge in [0.1, 0.15) is 9.71 Å². The van der Waals surface area contributed by atoms with Crippen LogP contribution in [0.15, 0.2) is 36.4 Å². The summed E-state index contributed by atoms with van der Waals surface area (Å²) in [5.74, 6) is -0.128. The normalized spacial score (nSPS) is 16.5. The maximum absolute atomic E-state index is 12.6. The highest BCUT2D eigenvalue weighted by Gasteiger charge is 2.24. The Morgan fingerprint density at radius 2 is 2.03 bits per heavy atom. The van der Waals surface area contributed by atoms with E-state index in [0.717, 1.165) is 35.4 Å². The number of aryl methyl sites for hydroxylation is 1. The molecule has 6 nitrogen and oxygen atoms in total. The molecule has 1 saturated heterocycles. The van der Waals surface area contributed by atoms with Crippen LogP contribution in [0.25, 0.3) is 10.2 Å². The topological polar surface area (TPSA) is 74.5 Å². The molecule has 30 heavy (non-hydrogen) atoms. The molecule has 0 aliphatic carbocycles. The molecule has 1 aromatic carbocycles. The molecule has 1 atom stereocenters. The molecule has 158 valence electrons. The van der Waals surface area contributed by atoms with Gasteiger partial charge in [-0.15, -0.1) is 11.3 Å². The van der Waals surface area contributed by atoms with Gasteiger partial charge in [0.25, 0.3) is 5.91 Å². The molecule has 0 unspecified atom stereocenters. The SMILES string of the molecule is Cc1ccc2c(N)c(C(=O)NCCc3ccc(N4CC[C@H](N(C)C)C4)cc3)sc2n1. The zero-order valence-corrected chi connectivity index (χ0v) is 18.6. The molecule has 7 heteroatoms. The van der Waals surface area contributed by atoms with E-state index in [1.807, 2.05) is 19.1 Å². The molecule has 1 fully saturated rings. The highest BCUT2D eigenvalue weighted by Crippen LogP contribution is 2.32. The van der Waals surface area contributed by atoms with Crippen LogP contribution in [0.1, 0.15) is 27.3 Å². The molecule has 0 saturated carbocycles. The van der Waals surface area contributed by atoms with Crippen LogP contribution in [0.3, 0.4) is 0 Å². The Hall–Kier alpha value is -2.64. The Morgan fingerprint density at radius 1 is 1.27 bits per heavy atom. The van der Waals surface area contributed by atoms with E-state index in [-0.39, 0.29) is 5.91 Å². The van der Waals surface area contributed by atoms with Gasteiger partial charge in [0, 0.05) is 42.4 Å². The molecular weight excluding hydrogens is 394 g/mol. The fourth-order valence-electron chi connectivity index (χ4n) is 3.93. The number of benzene rings is 1. The quantitative estimate of drug-likeness (QED) is 0.636. The lowest BCUT2D eigenvalue weighted by Gasteiger charge is -2.22. The number of thiophene rings is 1. The molecule has 2 aromatic heterocycles. The first-order chi connectivity index (χ1) is 14.4. The summed E-state index contributed by atoms with van der Waals surface area (Å²) in [6.45, 7) is 4.69. The van der Waals surface area contributed by atoms with Crippen LogP contribution in [0.4, 0.5) is 11.4 Å². The van der Waals surface area contributed by atoms with Gasteiger partial charge in [-0.05, 0) is 63.7 Å². The van der Waals surface area contributed by atoms with Gasteiger partial charge >= 0.3 is 0 Å². The molecule has 1 aliphatic heterocycles. The highest BCUT2D eigenvalue weighted by atomic mass is 32.1. The van der Waals surface area contributed by atoms with Crippen LogP contribution in [-0.4, -0.2) is 55.6 Å². The van der Waals surface area contributed by atoms with Gasteiger partial charge in [-0.2, -0.15) is 0 Å². The number of aromatic nitrogens is 1. The second-order valence-corrected chi connectivity index (χ2v) is 9.17. The van der Waals surface area contributed by atoms with Crippen LogP contribution in [-0.2, 0) is 6.42 Å². The molecule has 3 N–H and O–H groups in total. The zero-order chi connectivity index (χ0) is 21.3. The summed E-state index contributed by atoms with van der Waals surface area (Å²) in [5, 5.41) is 3.85. The first-order valence-electron chi connectivity index (χ1n) is 10.4. The summed E-state index contributed by atoms with van der Waals surface area (Å²) >= 11 is 1.35. The predicted molar refractivity (Wildman–Crippen MR) is 126 cm³/mol. The summed E-state index contributed by atoms with van der Waals surface area (Å²) in [5.41, 5.74) is 10.1. The Bertz CT molecular complexity index is 1040. The highest BCUT2D eigenvalue weighted by molar-refractivity contribution is 7.21. The van der Waals surface area contributed by atoms with Gasteiger partial charge in [0.15, 0.2) is 0 Å². The summed E-state index contributed by atoms with van der Waals surface area (Å²) in [4.78, 5) is 23.2. The predicted octanol–water partition coefficient (Wildman–Crippen LogP) is 3.30. The summed E-state index contributed by atoms with van der Waals surface area (Å²) in [6.07, 6.45) is 1.99.